The van der Waals surface area contributed by atoms with E-state index >= 15 is 0 Å². The van der Waals surface area contributed by atoms with Crippen LogP contribution in [0.3, 0.4) is 0 Å². The van der Waals surface area contributed by atoms with Gasteiger partial charge in [-0.05, 0) is 37.6 Å². The number of pyridine rings is 1. The number of aromatic amines is 1. The maximum Gasteiger partial charge on any atom is 0.341 e. The zero-order chi connectivity index (χ0) is 15.7. The van der Waals surface area contributed by atoms with Gasteiger partial charge in [-0.3, -0.25) is 4.98 Å². The molecule has 0 radical (unpaired) electrons. The van der Waals surface area contributed by atoms with E-state index in [0.29, 0.717) is 22.4 Å². The zero-order valence-corrected chi connectivity index (χ0v) is 12.2. The van der Waals surface area contributed by atoms with Crippen molar-refractivity contribution in [3.05, 3.63) is 47.5 Å². The molecular formula is C16H14FN3O2. The smallest absolute Gasteiger partial charge is 0.341 e. The summed E-state index contributed by atoms with van der Waals surface area (Å²) in [4.78, 5) is 23.5. The zero-order valence-electron chi connectivity index (χ0n) is 12.2. The Morgan fingerprint density at radius 1 is 1.36 bits per heavy atom. The SMILES string of the molecule is CCOC(=O)c1cncc2[nH]c(-c3ccc(F)cc3C)nc12. The number of nitrogens with zero attached hydrogens (tertiary/aromatic N) is 2. The van der Waals surface area contributed by atoms with E-state index in [9.17, 15) is 9.18 Å². The second kappa shape index (κ2) is 5.55. The fraction of sp³-hybridized carbons (Fsp3) is 0.188. The number of carbonyl (C=O) groups is 1. The highest BCUT2D eigenvalue weighted by Crippen LogP contribution is 2.25. The topological polar surface area (TPSA) is 67.9 Å². The van der Waals surface area contributed by atoms with Crippen molar-refractivity contribution in [3.63, 3.8) is 0 Å². The molecule has 6 heteroatoms. The van der Waals surface area contributed by atoms with Gasteiger partial charge in [0.05, 0.1) is 18.3 Å². The monoisotopic (exact) mass is 299 g/mol. The summed E-state index contributed by atoms with van der Waals surface area (Å²) in [7, 11) is 0. The van der Waals surface area contributed by atoms with Crippen molar-refractivity contribution in [3.8, 4) is 11.4 Å². The van der Waals surface area contributed by atoms with Crippen molar-refractivity contribution in [1.29, 1.82) is 0 Å². The molecule has 0 spiro atoms. The molecule has 1 aromatic carbocycles. The highest BCUT2D eigenvalue weighted by Gasteiger charge is 2.16. The number of H-pyrrole nitrogens is 1. The summed E-state index contributed by atoms with van der Waals surface area (Å²) in [6.45, 7) is 3.82. The number of rotatable bonds is 3. The Kier molecular flexibility index (Phi) is 3.58. The number of hydrogen-bond acceptors (Lipinski definition) is 4. The quantitative estimate of drug-likeness (QED) is 0.754. The predicted octanol–water partition coefficient (Wildman–Crippen LogP) is 3.25. The minimum absolute atomic E-state index is 0.281. The number of ether oxygens (including phenoxy) is 1. The van der Waals surface area contributed by atoms with Gasteiger partial charge >= 0.3 is 5.97 Å². The summed E-state index contributed by atoms with van der Waals surface area (Å²) < 4.78 is 18.2. The molecule has 0 bridgehead atoms. The van der Waals surface area contributed by atoms with Crippen LogP contribution in [-0.2, 0) is 4.74 Å². The fourth-order valence-corrected chi connectivity index (χ4v) is 2.31. The molecule has 0 saturated heterocycles. The van der Waals surface area contributed by atoms with E-state index in [1.807, 2.05) is 0 Å². The number of benzene rings is 1. The van der Waals surface area contributed by atoms with Crippen LogP contribution < -0.4 is 0 Å². The van der Waals surface area contributed by atoms with Gasteiger partial charge in [0, 0.05) is 11.8 Å². The largest absolute Gasteiger partial charge is 0.462 e. The Hall–Kier alpha value is -2.76. The summed E-state index contributed by atoms with van der Waals surface area (Å²) in [5, 5.41) is 0. The molecule has 2 heterocycles. The Labute approximate surface area is 126 Å². The Morgan fingerprint density at radius 3 is 2.91 bits per heavy atom. The Balaban J connectivity index is 2.14. The number of fused-ring (bicyclic) bond motifs is 1. The molecule has 0 saturated carbocycles. The van der Waals surface area contributed by atoms with Gasteiger partial charge in [0.25, 0.3) is 0 Å². The lowest BCUT2D eigenvalue weighted by molar-refractivity contribution is 0.0528. The van der Waals surface area contributed by atoms with Crippen molar-refractivity contribution in [2.45, 2.75) is 13.8 Å². The number of esters is 1. The molecule has 3 rings (SSSR count). The van der Waals surface area contributed by atoms with E-state index in [1.165, 1.54) is 18.3 Å². The number of aromatic nitrogens is 3. The lowest BCUT2D eigenvalue weighted by Crippen LogP contribution is -2.05. The van der Waals surface area contributed by atoms with Crippen molar-refractivity contribution in [2.75, 3.05) is 6.61 Å². The van der Waals surface area contributed by atoms with Crippen molar-refractivity contribution in [2.24, 2.45) is 0 Å². The third kappa shape index (κ3) is 2.43. The molecule has 5 nitrogen and oxygen atoms in total. The number of nitrogens with one attached hydrogen (secondary N) is 1. The van der Waals surface area contributed by atoms with Crippen LogP contribution in [0.5, 0.6) is 0 Å². The lowest BCUT2D eigenvalue weighted by atomic mass is 10.1. The van der Waals surface area contributed by atoms with Crippen molar-refractivity contribution in [1.82, 2.24) is 15.0 Å². The average molecular weight is 299 g/mol. The van der Waals surface area contributed by atoms with Gasteiger partial charge in [-0.1, -0.05) is 0 Å². The summed E-state index contributed by atoms with van der Waals surface area (Å²) in [5.41, 5.74) is 2.95. The van der Waals surface area contributed by atoms with Gasteiger partial charge in [-0.2, -0.15) is 0 Å². The van der Waals surface area contributed by atoms with Crippen LogP contribution in [0.2, 0.25) is 0 Å². The minimum Gasteiger partial charge on any atom is -0.462 e. The van der Waals surface area contributed by atoms with Crippen molar-refractivity contribution >= 4 is 17.0 Å². The first-order valence-corrected chi connectivity index (χ1v) is 6.87. The van der Waals surface area contributed by atoms with Gasteiger partial charge < -0.3 is 9.72 Å². The van der Waals surface area contributed by atoms with Gasteiger partial charge in [0.15, 0.2) is 0 Å². The van der Waals surface area contributed by atoms with Crippen LogP contribution in [0.25, 0.3) is 22.4 Å². The summed E-state index contributed by atoms with van der Waals surface area (Å²) in [6, 6.07) is 4.47. The summed E-state index contributed by atoms with van der Waals surface area (Å²) in [6.07, 6.45) is 3.02. The summed E-state index contributed by atoms with van der Waals surface area (Å²) in [5.74, 6) is -0.202. The molecule has 0 aliphatic rings. The molecule has 22 heavy (non-hydrogen) atoms. The molecular weight excluding hydrogens is 285 g/mol. The minimum atomic E-state index is -0.463. The van der Waals surface area contributed by atoms with Crippen LogP contribution >= 0.6 is 0 Å². The molecule has 3 aromatic rings. The standard InChI is InChI=1S/C16H14FN3O2/c1-3-22-16(21)12-7-18-8-13-14(12)20-15(19-13)11-5-4-10(17)6-9(11)2/h4-8H,3H2,1-2H3,(H,19,20). The van der Waals surface area contributed by atoms with Gasteiger partial charge in [-0.25, -0.2) is 14.2 Å². The van der Waals surface area contributed by atoms with E-state index < -0.39 is 5.97 Å². The third-order valence-electron chi connectivity index (χ3n) is 3.33. The molecule has 0 aliphatic carbocycles. The van der Waals surface area contributed by atoms with Gasteiger partial charge in [0.1, 0.15) is 22.7 Å². The fourth-order valence-electron chi connectivity index (χ4n) is 2.31. The predicted molar refractivity (Wildman–Crippen MR) is 80.0 cm³/mol. The maximum absolute atomic E-state index is 13.2. The number of halogens is 1. The van der Waals surface area contributed by atoms with E-state index in [4.69, 9.17) is 4.74 Å². The third-order valence-corrected chi connectivity index (χ3v) is 3.33. The van der Waals surface area contributed by atoms with Crippen LogP contribution in [0, 0.1) is 12.7 Å². The van der Waals surface area contributed by atoms with E-state index in [0.717, 1.165) is 11.1 Å². The second-order valence-electron chi connectivity index (χ2n) is 4.85. The molecule has 1 N–H and O–H groups in total. The normalized spacial score (nSPS) is 10.9. The first-order valence-electron chi connectivity index (χ1n) is 6.87. The Bertz CT molecular complexity index is 858. The number of aryl methyl sites for hydroxylation is 1. The molecule has 2 aromatic heterocycles. The molecule has 0 fully saturated rings. The summed E-state index contributed by atoms with van der Waals surface area (Å²) >= 11 is 0. The van der Waals surface area contributed by atoms with E-state index in [2.05, 4.69) is 15.0 Å². The highest BCUT2D eigenvalue weighted by molar-refractivity contribution is 6.02. The first kappa shape index (κ1) is 14.2. The molecule has 0 aliphatic heterocycles. The number of hydrogen-bond donors (Lipinski definition) is 1. The van der Waals surface area contributed by atoms with Crippen LogP contribution in [-0.4, -0.2) is 27.5 Å². The van der Waals surface area contributed by atoms with Gasteiger partial charge in [-0.15, -0.1) is 0 Å². The number of imidazole rings is 1. The Morgan fingerprint density at radius 2 is 2.18 bits per heavy atom. The maximum atomic E-state index is 13.2. The average Bonchev–Trinajstić information content (AvgIpc) is 2.90. The van der Waals surface area contributed by atoms with E-state index in [-0.39, 0.29) is 12.4 Å². The number of carbonyl (C=O) groups excluding carboxylic acids is 1. The van der Waals surface area contributed by atoms with E-state index in [1.54, 1.807) is 26.1 Å². The molecule has 0 atom stereocenters. The van der Waals surface area contributed by atoms with Crippen LogP contribution in [0.4, 0.5) is 4.39 Å². The molecule has 0 amide bonds. The second-order valence-corrected chi connectivity index (χ2v) is 4.85. The van der Waals surface area contributed by atoms with Crippen LogP contribution in [0.15, 0.2) is 30.6 Å². The molecule has 112 valence electrons. The first-order chi connectivity index (χ1) is 10.6. The van der Waals surface area contributed by atoms with Gasteiger partial charge in [0.2, 0.25) is 0 Å². The highest BCUT2D eigenvalue weighted by atomic mass is 19.1. The molecule has 0 unspecified atom stereocenters. The van der Waals surface area contributed by atoms with Crippen LogP contribution in [0.1, 0.15) is 22.8 Å². The van der Waals surface area contributed by atoms with Crippen molar-refractivity contribution < 1.29 is 13.9 Å². The lowest BCUT2D eigenvalue weighted by Gasteiger charge is -2.02.